The molecule has 0 spiro atoms. The maximum atomic E-state index is 13.2. The lowest BCUT2D eigenvalue weighted by atomic mass is 9.42. The van der Waals surface area contributed by atoms with Crippen LogP contribution in [0.3, 0.4) is 0 Å². The van der Waals surface area contributed by atoms with E-state index in [-0.39, 0.29) is 37.6 Å². The van der Waals surface area contributed by atoms with Gasteiger partial charge in [0, 0.05) is 65.3 Å². The molecule has 0 aromatic heterocycles. The number of rotatable bonds is 12. The fourth-order valence-electron chi connectivity index (χ4n) is 13.5. The van der Waals surface area contributed by atoms with Crippen molar-refractivity contribution in [3.8, 4) is 0 Å². The number of methoxy groups -OCH3 is 3. The summed E-state index contributed by atoms with van der Waals surface area (Å²) in [6.07, 6.45) is -7.17. The molecule has 65 heavy (non-hydrogen) atoms. The van der Waals surface area contributed by atoms with Gasteiger partial charge in [-0.25, -0.2) is 0 Å². The standard InChI is InChI=1S/C47H74O18/c1-22(48)30-15-18-47(54)45(30,9)41(61-27(6)50)39(60-26(5)49)40-43(7)16-14-29(19-28(43)13-17-46(40,47)53)65-44(8)21-32(56-11)37(25(4)64-44)62-33-20-31(55-10)36(24(3)58-33)63-42-35(52)38(57-12)34(51)23(2)59-42/h13,23-25,29-42,51-54H,14-21H2,1-12H3/t23?,24?,25?,29-,30-,31?,32?,33?,34?,35?,36?,37?,38?,39-,40?,41+,42?,43-,44?,45-,46-,47+/m0/s1. The summed E-state index contributed by atoms with van der Waals surface area (Å²) in [7, 11) is 4.59. The highest BCUT2D eigenvalue weighted by molar-refractivity contribution is 5.80. The Morgan fingerprint density at radius 3 is 2.03 bits per heavy atom. The van der Waals surface area contributed by atoms with E-state index < -0.39 is 137 Å². The van der Waals surface area contributed by atoms with Crippen molar-refractivity contribution < 1.29 is 86.9 Å². The zero-order valence-corrected chi connectivity index (χ0v) is 40.1. The zero-order chi connectivity index (χ0) is 47.8. The average Bonchev–Trinajstić information content (AvgIpc) is 3.52. The number of ether oxygens (including phenoxy) is 11. The summed E-state index contributed by atoms with van der Waals surface area (Å²) in [4.78, 5) is 38.8. The lowest BCUT2D eigenvalue weighted by molar-refractivity contribution is -0.364. The Bertz CT molecular complexity index is 1800. The number of Topliss-reactive ketones (excluding diaryl/α,β-unsaturated/α-hetero) is 1. The summed E-state index contributed by atoms with van der Waals surface area (Å²) in [6.45, 7) is 14.9. The van der Waals surface area contributed by atoms with Crippen molar-refractivity contribution in [3.63, 3.8) is 0 Å². The molecule has 14 unspecified atom stereocenters. The van der Waals surface area contributed by atoms with Gasteiger partial charge in [0.05, 0.1) is 36.6 Å². The number of carbonyl (C=O) groups excluding carboxylic acids is 3. The van der Waals surface area contributed by atoms with Gasteiger partial charge >= 0.3 is 11.9 Å². The van der Waals surface area contributed by atoms with E-state index in [4.69, 9.17) is 52.1 Å². The van der Waals surface area contributed by atoms with Gasteiger partial charge in [-0.2, -0.15) is 0 Å². The lowest BCUT2D eigenvalue weighted by Crippen LogP contribution is -2.80. The molecule has 370 valence electrons. The van der Waals surface area contributed by atoms with Crippen LogP contribution in [-0.4, -0.2) is 168 Å². The second kappa shape index (κ2) is 18.6. The molecule has 18 heteroatoms. The first kappa shape index (κ1) is 50.7. The van der Waals surface area contributed by atoms with Crippen LogP contribution in [0.4, 0.5) is 0 Å². The van der Waals surface area contributed by atoms with Crippen molar-refractivity contribution in [1.82, 2.24) is 0 Å². The Morgan fingerprint density at radius 2 is 1.42 bits per heavy atom. The van der Waals surface area contributed by atoms with E-state index in [9.17, 15) is 34.8 Å². The summed E-state index contributed by atoms with van der Waals surface area (Å²) in [6, 6.07) is 0. The van der Waals surface area contributed by atoms with Gasteiger partial charge in [-0.15, -0.1) is 0 Å². The van der Waals surface area contributed by atoms with Crippen molar-refractivity contribution in [3.05, 3.63) is 11.6 Å². The molecule has 3 saturated heterocycles. The fraction of sp³-hybridized carbons (Fsp3) is 0.894. The maximum Gasteiger partial charge on any atom is 0.303 e. The van der Waals surface area contributed by atoms with Crippen LogP contribution < -0.4 is 0 Å². The van der Waals surface area contributed by atoms with Gasteiger partial charge in [0.15, 0.2) is 18.4 Å². The number of aliphatic hydroxyl groups is 4. The number of aliphatic hydroxyl groups excluding tert-OH is 2. The van der Waals surface area contributed by atoms with Crippen LogP contribution in [-0.2, 0) is 66.5 Å². The third-order valence-electron chi connectivity index (χ3n) is 16.6. The Hall–Kier alpha value is -2.17. The van der Waals surface area contributed by atoms with Crippen LogP contribution in [0.2, 0.25) is 0 Å². The summed E-state index contributed by atoms with van der Waals surface area (Å²) < 4.78 is 67.9. The molecular weight excluding hydrogens is 852 g/mol. The van der Waals surface area contributed by atoms with E-state index in [1.54, 1.807) is 28.1 Å². The van der Waals surface area contributed by atoms with Crippen molar-refractivity contribution in [2.24, 2.45) is 22.7 Å². The van der Waals surface area contributed by atoms with Gasteiger partial charge in [-0.3, -0.25) is 14.4 Å². The smallest absolute Gasteiger partial charge is 0.303 e. The molecule has 22 atom stereocenters. The van der Waals surface area contributed by atoms with Crippen LogP contribution in [0.5, 0.6) is 0 Å². The third-order valence-corrected chi connectivity index (χ3v) is 16.6. The molecule has 7 aliphatic rings. The minimum atomic E-state index is -1.85. The van der Waals surface area contributed by atoms with Crippen molar-refractivity contribution in [2.75, 3.05) is 21.3 Å². The van der Waals surface area contributed by atoms with E-state index in [0.717, 1.165) is 5.57 Å². The molecule has 0 amide bonds. The van der Waals surface area contributed by atoms with E-state index in [2.05, 4.69) is 0 Å². The third kappa shape index (κ3) is 8.56. The topological polar surface area (TPSA) is 234 Å². The molecule has 18 nitrogen and oxygen atoms in total. The Kier molecular flexibility index (Phi) is 14.5. The molecule has 7 rings (SSSR count). The highest BCUT2D eigenvalue weighted by Gasteiger charge is 2.80. The number of esters is 2. The highest BCUT2D eigenvalue weighted by atomic mass is 16.8. The first-order valence-electron chi connectivity index (χ1n) is 23.3. The minimum Gasteiger partial charge on any atom is -0.458 e. The monoisotopic (exact) mass is 926 g/mol. The van der Waals surface area contributed by atoms with Gasteiger partial charge in [0.2, 0.25) is 0 Å². The predicted molar refractivity (Wildman–Crippen MR) is 227 cm³/mol. The van der Waals surface area contributed by atoms with Crippen LogP contribution in [0, 0.1) is 22.7 Å². The molecular formula is C47H74O18. The normalized spacial score (nSPS) is 50.9. The summed E-state index contributed by atoms with van der Waals surface area (Å²) in [5.41, 5.74) is -5.00. The molecule has 6 fully saturated rings. The van der Waals surface area contributed by atoms with Crippen molar-refractivity contribution in [1.29, 1.82) is 0 Å². The van der Waals surface area contributed by atoms with Crippen LogP contribution >= 0.6 is 0 Å². The summed E-state index contributed by atoms with van der Waals surface area (Å²) in [5, 5.41) is 47.2. The van der Waals surface area contributed by atoms with E-state index in [1.807, 2.05) is 33.8 Å². The molecule has 0 aromatic rings. The Balaban J connectivity index is 1.05. The summed E-state index contributed by atoms with van der Waals surface area (Å²) >= 11 is 0. The second-order valence-electron chi connectivity index (χ2n) is 20.5. The van der Waals surface area contributed by atoms with Gasteiger partial charge in [-0.1, -0.05) is 25.5 Å². The average molecular weight is 927 g/mol. The molecule has 0 radical (unpaired) electrons. The van der Waals surface area contributed by atoms with Crippen LogP contribution in [0.1, 0.15) is 114 Å². The highest BCUT2D eigenvalue weighted by Crippen LogP contribution is 2.70. The first-order valence-corrected chi connectivity index (χ1v) is 23.3. The second-order valence-corrected chi connectivity index (χ2v) is 20.5. The number of fused-ring (bicyclic) bond motifs is 5. The van der Waals surface area contributed by atoms with Gasteiger partial charge in [0.25, 0.3) is 0 Å². The van der Waals surface area contributed by atoms with Crippen molar-refractivity contribution in [2.45, 2.75) is 223 Å². The molecule has 3 aliphatic heterocycles. The number of hydrogen-bond acceptors (Lipinski definition) is 18. The lowest BCUT2D eigenvalue weighted by Gasteiger charge is -2.68. The number of hydrogen-bond donors (Lipinski definition) is 4. The Labute approximate surface area is 382 Å². The molecule has 3 saturated carbocycles. The van der Waals surface area contributed by atoms with Crippen LogP contribution in [0.25, 0.3) is 0 Å². The molecule has 0 aromatic carbocycles. The van der Waals surface area contributed by atoms with E-state index >= 15 is 0 Å². The fourth-order valence-corrected chi connectivity index (χ4v) is 13.5. The maximum absolute atomic E-state index is 13.2. The van der Waals surface area contributed by atoms with Crippen molar-refractivity contribution >= 4 is 17.7 Å². The zero-order valence-electron chi connectivity index (χ0n) is 40.1. The van der Waals surface area contributed by atoms with Gasteiger partial charge in [-0.05, 0) is 78.6 Å². The number of carbonyl (C=O) groups is 3. The molecule has 3 heterocycles. The quantitative estimate of drug-likeness (QED) is 0.163. The molecule has 4 N–H and O–H groups in total. The van der Waals surface area contributed by atoms with Gasteiger partial charge in [0.1, 0.15) is 59.7 Å². The molecule has 4 aliphatic carbocycles. The number of ketones is 1. The van der Waals surface area contributed by atoms with Crippen LogP contribution in [0.15, 0.2) is 11.6 Å². The predicted octanol–water partition coefficient (Wildman–Crippen LogP) is 2.79. The summed E-state index contributed by atoms with van der Waals surface area (Å²) in [5.74, 6) is -4.22. The van der Waals surface area contributed by atoms with E-state index in [0.29, 0.717) is 25.7 Å². The first-order chi connectivity index (χ1) is 30.4. The Morgan fingerprint density at radius 1 is 0.754 bits per heavy atom. The van der Waals surface area contributed by atoms with Gasteiger partial charge < -0.3 is 72.5 Å². The largest absolute Gasteiger partial charge is 0.458 e. The van der Waals surface area contributed by atoms with E-state index in [1.165, 1.54) is 27.9 Å². The minimum absolute atomic E-state index is 0.0265. The SMILES string of the molecule is COC1CC(C)(O[C@H]2CC[C@@]3(C)C(=CC[C@]4(O)C3[C@H](OC(C)=O)[C@@H](OC(C)=O)[C@]3(C)[C@H](C(C)=O)CC[C@@]34O)C2)OC(C)C1OC1CC(OC)C(OC2OC(C)C(O)C(OC)C2O)C(C)O1. The molecule has 0 bridgehead atoms.